The fourth-order valence-corrected chi connectivity index (χ4v) is 1.58. The third-order valence-corrected chi connectivity index (χ3v) is 2.45. The first kappa shape index (κ1) is 9.79. The van der Waals surface area contributed by atoms with E-state index in [-0.39, 0.29) is 5.92 Å². The third-order valence-electron chi connectivity index (χ3n) is 2.45. The van der Waals surface area contributed by atoms with E-state index in [1.807, 2.05) is 34.8 Å². The average Bonchev–Trinajstić information content (AvgIpc) is 2.12. The molecule has 0 amide bonds. The number of hydrogen-bond acceptors (Lipinski definition) is 2. The molecule has 0 fully saturated rings. The molecule has 0 spiro atoms. The van der Waals surface area contributed by atoms with Gasteiger partial charge in [0.15, 0.2) is 7.85 Å². The first-order chi connectivity index (χ1) is 6.07. The van der Waals surface area contributed by atoms with Gasteiger partial charge in [0.1, 0.15) is 0 Å². The maximum Gasteiger partial charge on any atom is 0.164 e. The molecule has 3 heteroatoms. The van der Waals surface area contributed by atoms with Crippen molar-refractivity contribution in [3.05, 3.63) is 22.9 Å². The summed E-state index contributed by atoms with van der Waals surface area (Å²) < 4.78 is 0. The second-order valence-electron chi connectivity index (χ2n) is 3.42. The molecule has 1 aromatic rings. The molecule has 1 unspecified atom stereocenters. The lowest BCUT2D eigenvalue weighted by Crippen LogP contribution is -2.16. The van der Waals surface area contributed by atoms with Crippen molar-refractivity contribution in [2.45, 2.75) is 26.7 Å². The van der Waals surface area contributed by atoms with E-state index < -0.39 is 0 Å². The second-order valence-corrected chi connectivity index (χ2v) is 3.42. The average molecular weight is 172 g/mol. The quantitative estimate of drug-likeness (QED) is 0.581. The van der Waals surface area contributed by atoms with Crippen LogP contribution < -0.4 is 5.59 Å². The lowest BCUT2D eigenvalue weighted by molar-refractivity contribution is 0.944. The van der Waals surface area contributed by atoms with Crippen molar-refractivity contribution in [3.63, 3.8) is 0 Å². The van der Waals surface area contributed by atoms with E-state index in [4.69, 9.17) is 5.26 Å². The number of nitriles is 1. The molecule has 2 nitrogen and oxygen atoms in total. The van der Waals surface area contributed by atoms with E-state index in [9.17, 15) is 0 Å². The van der Waals surface area contributed by atoms with E-state index in [2.05, 4.69) is 11.1 Å². The van der Waals surface area contributed by atoms with E-state index in [0.29, 0.717) is 0 Å². The monoisotopic (exact) mass is 172 g/mol. The maximum absolute atomic E-state index is 8.86. The van der Waals surface area contributed by atoms with Gasteiger partial charge in [0.25, 0.3) is 0 Å². The normalized spacial score (nSPS) is 12.2. The lowest BCUT2D eigenvalue weighted by Gasteiger charge is -2.12. The molecule has 0 aliphatic rings. The summed E-state index contributed by atoms with van der Waals surface area (Å²) in [6.45, 7) is 5.95. The summed E-state index contributed by atoms with van der Waals surface area (Å²) >= 11 is 0. The summed E-state index contributed by atoms with van der Waals surface area (Å²) in [7, 11) is 1.97. The van der Waals surface area contributed by atoms with Crippen molar-refractivity contribution < 1.29 is 0 Å². The van der Waals surface area contributed by atoms with Gasteiger partial charge < -0.3 is 0 Å². The standard InChI is InChI=1S/C10H13BN2/c1-6(4-12)9-7(2)5-13-10(11)8(9)3/h5-6H,11H2,1-3H3. The SMILES string of the molecule is Bc1ncc(C)c(C(C)C#N)c1C. The molecule has 0 N–H and O–H groups in total. The first-order valence-corrected chi connectivity index (χ1v) is 4.40. The Labute approximate surface area is 80.0 Å². The summed E-state index contributed by atoms with van der Waals surface area (Å²) in [5.41, 5.74) is 4.41. The highest BCUT2D eigenvalue weighted by Gasteiger charge is 2.12. The lowest BCUT2D eigenvalue weighted by atomic mass is 9.87. The fraction of sp³-hybridized carbons (Fsp3) is 0.400. The molecule has 1 atom stereocenters. The van der Waals surface area contributed by atoms with Gasteiger partial charge in [0.2, 0.25) is 0 Å². The van der Waals surface area contributed by atoms with Crippen LogP contribution >= 0.6 is 0 Å². The minimum atomic E-state index is -0.0401. The zero-order chi connectivity index (χ0) is 10.0. The van der Waals surface area contributed by atoms with Crippen molar-refractivity contribution in [1.82, 2.24) is 4.98 Å². The summed E-state index contributed by atoms with van der Waals surface area (Å²) in [4.78, 5) is 4.25. The fourth-order valence-electron chi connectivity index (χ4n) is 1.58. The minimum absolute atomic E-state index is 0.0401. The van der Waals surface area contributed by atoms with Gasteiger partial charge in [-0.2, -0.15) is 5.26 Å². The van der Waals surface area contributed by atoms with Crippen LogP contribution in [0.15, 0.2) is 6.20 Å². The van der Waals surface area contributed by atoms with Crippen LogP contribution in [-0.2, 0) is 0 Å². The Morgan fingerprint density at radius 2 is 2.15 bits per heavy atom. The van der Waals surface area contributed by atoms with E-state index in [1.54, 1.807) is 0 Å². The summed E-state index contributed by atoms with van der Waals surface area (Å²) in [5, 5.41) is 8.86. The number of pyridine rings is 1. The Morgan fingerprint density at radius 3 is 2.69 bits per heavy atom. The van der Waals surface area contributed by atoms with Crippen molar-refractivity contribution >= 4 is 13.4 Å². The van der Waals surface area contributed by atoms with Gasteiger partial charge in [-0.05, 0) is 43.1 Å². The minimum Gasteiger partial charge on any atom is -0.272 e. The molecule has 1 aromatic heterocycles. The van der Waals surface area contributed by atoms with Crippen LogP contribution in [0.2, 0.25) is 0 Å². The Kier molecular flexibility index (Phi) is 2.72. The summed E-state index contributed by atoms with van der Waals surface area (Å²) in [6, 6.07) is 2.26. The molecule has 1 heterocycles. The molecule has 0 saturated carbocycles. The van der Waals surface area contributed by atoms with Crippen molar-refractivity contribution in [1.29, 1.82) is 5.26 Å². The Hall–Kier alpha value is -1.30. The van der Waals surface area contributed by atoms with Crippen molar-refractivity contribution in [2.75, 3.05) is 0 Å². The molecule has 0 saturated heterocycles. The number of nitrogens with zero attached hydrogens (tertiary/aromatic N) is 2. The molecule has 13 heavy (non-hydrogen) atoms. The van der Waals surface area contributed by atoms with Crippen molar-refractivity contribution in [3.8, 4) is 6.07 Å². The van der Waals surface area contributed by atoms with Gasteiger partial charge >= 0.3 is 0 Å². The molecular weight excluding hydrogens is 159 g/mol. The van der Waals surface area contributed by atoms with Gasteiger partial charge in [0, 0.05) is 6.20 Å². The van der Waals surface area contributed by atoms with Gasteiger partial charge in [-0.1, -0.05) is 0 Å². The highest BCUT2D eigenvalue weighted by Crippen LogP contribution is 2.20. The molecule has 0 radical (unpaired) electrons. The number of rotatable bonds is 1. The van der Waals surface area contributed by atoms with Crippen LogP contribution in [0.5, 0.6) is 0 Å². The predicted molar refractivity (Wildman–Crippen MR) is 55.9 cm³/mol. The molecule has 0 bridgehead atoms. The Bertz CT molecular complexity index is 366. The molecule has 0 aliphatic heterocycles. The van der Waals surface area contributed by atoms with Crippen LogP contribution in [0.1, 0.15) is 29.5 Å². The molecule has 0 aromatic carbocycles. The number of hydrogen-bond donors (Lipinski definition) is 0. The first-order valence-electron chi connectivity index (χ1n) is 4.40. The van der Waals surface area contributed by atoms with E-state index in [1.165, 1.54) is 0 Å². The number of aryl methyl sites for hydroxylation is 1. The van der Waals surface area contributed by atoms with Crippen LogP contribution in [0.3, 0.4) is 0 Å². The zero-order valence-electron chi connectivity index (χ0n) is 8.55. The smallest absolute Gasteiger partial charge is 0.164 e. The van der Waals surface area contributed by atoms with E-state index in [0.717, 1.165) is 22.3 Å². The predicted octanol–water partition coefficient (Wildman–Crippen LogP) is 0.584. The highest BCUT2D eigenvalue weighted by molar-refractivity contribution is 6.31. The molecule has 66 valence electrons. The van der Waals surface area contributed by atoms with Crippen LogP contribution in [-0.4, -0.2) is 12.8 Å². The van der Waals surface area contributed by atoms with Crippen LogP contribution in [0.25, 0.3) is 0 Å². The summed E-state index contributed by atoms with van der Waals surface area (Å²) in [6.07, 6.45) is 1.84. The van der Waals surface area contributed by atoms with Crippen LogP contribution in [0, 0.1) is 25.2 Å². The Morgan fingerprint density at radius 1 is 1.54 bits per heavy atom. The maximum atomic E-state index is 8.86. The molecule has 1 rings (SSSR count). The van der Waals surface area contributed by atoms with Gasteiger partial charge in [-0.3, -0.25) is 4.98 Å². The third kappa shape index (κ3) is 1.72. The Balaban J connectivity index is 3.35. The van der Waals surface area contributed by atoms with Gasteiger partial charge in [-0.25, -0.2) is 0 Å². The van der Waals surface area contributed by atoms with Gasteiger partial charge in [0.05, 0.1) is 12.0 Å². The van der Waals surface area contributed by atoms with Crippen molar-refractivity contribution in [2.24, 2.45) is 0 Å². The number of aromatic nitrogens is 1. The van der Waals surface area contributed by atoms with Crippen LogP contribution in [0.4, 0.5) is 0 Å². The zero-order valence-corrected chi connectivity index (χ0v) is 8.55. The highest BCUT2D eigenvalue weighted by atomic mass is 14.6. The molecule has 0 aliphatic carbocycles. The second kappa shape index (κ2) is 3.61. The summed E-state index contributed by atoms with van der Waals surface area (Å²) in [5.74, 6) is -0.0401. The van der Waals surface area contributed by atoms with E-state index >= 15 is 0 Å². The largest absolute Gasteiger partial charge is 0.272 e. The van der Waals surface area contributed by atoms with Gasteiger partial charge in [-0.15, -0.1) is 0 Å². The topological polar surface area (TPSA) is 36.7 Å². The molecular formula is C10H13BN2.